The fourth-order valence-corrected chi connectivity index (χ4v) is 2.00. The maximum absolute atomic E-state index is 4.68. The fraction of sp³-hybridized carbons (Fsp3) is 0.429. The molecule has 0 aliphatic rings. The third kappa shape index (κ3) is 3.79. The Morgan fingerprint density at radius 1 is 1.11 bits per heavy atom. The van der Waals surface area contributed by atoms with E-state index in [2.05, 4.69) is 63.0 Å². The molecule has 0 aliphatic heterocycles. The van der Waals surface area contributed by atoms with Gasteiger partial charge in [0.2, 0.25) is 6.39 Å². The van der Waals surface area contributed by atoms with Crippen molar-refractivity contribution < 1.29 is 4.52 Å². The SMILES string of the molecule is CCN(CC)c1ccc(CNCc2ncon2)cc1. The third-order valence-corrected chi connectivity index (χ3v) is 3.08. The van der Waals surface area contributed by atoms with Crippen LogP contribution in [-0.4, -0.2) is 23.2 Å². The summed E-state index contributed by atoms with van der Waals surface area (Å²) in [6, 6.07) is 8.63. The van der Waals surface area contributed by atoms with Crippen LogP contribution in [0.25, 0.3) is 0 Å². The van der Waals surface area contributed by atoms with Gasteiger partial charge in [0.05, 0.1) is 6.54 Å². The topological polar surface area (TPSA) is 54.2 Å². The summed E-state index contributed by atoms with van der Waals surface area (Å²) in [6.07, 6.45) is 1.34. The number of anilines is 1. The Labute approximate surface area is 113 Å². The molecule has 0 saturated carbocycles. The number of hydrogen-bond acceptors (Lipinski definition) is 5. The second kappa shape index (κ2) is 6.89. The van der Waals surface area contributed by atoms with E-state index in [1.807, 2.05) is 0 Å². The van der Waals surface area contributed by atoms with Gasteiger partial charge in [0.1, 0.15) is 0 Å². The Kier molecular flexibility index (Phi) is 4.92. The lowest BCUT2D eigenvalue weighted by atomic mass is 10.2. The molecule has 0 aliphatic carbocycles. The van der Waals surface area contributed by atoms with Gasteiger partial charge in [0, 0.05) is 25.3 Å². The van der Waals surface area contributed by atoms with Gasteiger partial charge in [-0.1, -0.05) is 17.3 Å². The third-order valence-electron chi connectivity index (χ3n) is 3.08. The molecule has 0 atom stereocenters. The molecule has 0 fully saturated rings. The van der Waals surface area contributed by atoms with Crippen molar-refractivity contribution in [1.29, 1.82) is 0 Å². The molecule has 0 amide bonds. The standard InChI is InChI=1S/C14H20N4O/c1-3-18(4-2)13-7-5-12(6-8-13)9-15-10-14-16-11-19-17-14/h5-8,11,15H,3-4,9-10H2,1-2H3. The Morgan fingerprint density at radius 3 is 2.42 bits per heavy atom. The van der Waals surface area contributed by atoms with Gasteiger partial charge in [-0.2, -0.15) is 4.98 Å². The molecule has 0 unspecified atom stereocenters. The Hall–Kier alpha value is -1.88. The van der Waals surface area contributed by atoms with E-state index >= 15 is 0 Å². The van der Waals surface area contributed by atoms with Gasteiger partial charge in [0.15, 0.2) is 5.82 Å². The van der Waals surface area contributed by atoms with Gasteiger partial charge in [-0.05, 0) is 31.5 Å². The smallest absolute Gasteiger partial charge is 0.213 e. The largest absolute Gasteiger partial charge is 0.372 e. The van der Waals surface area contributed by atoms with Gasteiger partial charge in [-0.15, -0.1) is 0 Å². The molecule has 5 heteroatoms. The van der Waals surface area contributed by atoms with Crippen LogP contribution in [0.5, 0.6) is 0 Å². The van der Waals surface area contributed by atoms with Crippen molar-refractivity contribution in [2.24, 2.45) is 0 Å². The molecular weight excluding hydrogens is 240 g/mol. The lowest BCUT2D eigenvalue weighted by molar-refractivity contribution is 0.407. The van der Waals surface area contributed by atoms with Crippen LogP contribution in [-0.2, 0) is 13.1 Å². The second-order valence-corrected chi connectivity index (χ2v) is 4.29. The number of nitrogens with one attached hydrogen (secondary N) is 1. The zero-order chi connectivity index (χ0) is 13.5. The zero-order valence-electron chi connectivity index (χ0n) is 11.5. The first-order valence-corrected chi connectivity index (χ1v) is 6.63. The average molecular weight is 260 g/mol. The van der Waals surface area contributed by atoms with Crippen molar-refractivity contribution in [3.63, 3.8) is 0 Å². The molecule has 0 bridgehead atoms. The minimum atomic E-state index is 0.619. The van der Waals surface area contributed by atoms with Crippen molar-refractivity contribution in [1.82, 2.24) is 15.5 Å². The summed E-state index contributed by atoms with van der Waals surface area (Å²) in [5.41, 5.74) is 2.52. The van der Waals surface area contributed by atoms with Crippen molar-refractivity contribution >= 4 is 5.69 Å². The predicted molar refractivity (Wildman–Crippen MR) is 74.8 cm³/mol. The van der Waals surface area contributed by atoms with Crippen molar-refractivity contribution in [3.05, 3.63) is 42.0 Å². The number of aromatic nitrogens is 2. The van der Waals surface area contributed by atoms with Gasteiger partial charge in [0.25, 0.3) is 0 Å². The molecule has 102 valence electrons. The quantitative estimate of drug-likeness (QED) is 0.827. The van der Waals surface area contributed by atoms with E-state index in [4.69, 9.17) is 0 Å². The monoisotopic (exact) mass is 260 g/mol. The van der Waals surface area contributed by atoms with Gasteiger partial charge in [-0.3, -0.25) is 0 Å². The Morgan fingerprint density at radius 2 is 1.84 bits per heavy atom. The van der Waals surface area contributed by atoms with E-state index in [0.29, 0.717) is 12.4 Å². The molecule has 0 spiro atoms. The molecule has 1 aromatic carbocycles. The summed E-state index contributed by atoms with van der Waals surface area (Å²) in [5, 5.41) is 7.03. The molecular formula is C14H20N4O. The van der Waals surface area contributed by atoms with Crippen LogP contribution in [0.15, 0.2) is 35.2 Å². The number of rotatable bonds is 7. The van der Waals surface area contributed by atoms with E-state index in [-0.39, 0.29) is 0 Å². The molecule has 5 nitrogen and oxygen atoms in total. The molecule has 0 saturated heterocycles. The number of benzene rings is 1. The molecule has 1 heterocycles. The van der Waals surface area contributed by atoms with Gasteiger partial charge < -0.3 is 14.7 Å². The highest BCUT2D eigenvalue weighted by Crippen LogP contribution is 2.14. The predicted octanol–water partition coefficient (Wildman–Crippen LogP) is 2.21. The summed E-state index contributed by atoms with van der Waals surface area (Å²) in [4.78, 5) is 6.29. The van der Waals surface area contributed by atoms with Crippen LogP contribution in [0.4, 0.5) is 5.69 Å². The molecule has 2 rings (SSSR count). The van der Waals surface area contributed by atoms with Crippen LogP contribution in [0, 0.1) is 0 Å². The summed E-state index contributed by atoms with van der Waals surface area (Å²) in [7, 11) is 0. The molecule has 1 N–H and O–H groups in total. The maximum atomic E-state index is 4.68. The lowest BCUT2D eigenvalue weighted by Crippen LogP contribution is -2.21. The lowest BCUT2D eigenvalue weighted by Gasteiger charge is -2.21. The fourth-order valence-electron chi connectivity index (χ4n) is 2.00. The van der Waals surface area contributed by atoms with E-state index in [0.717, 1.165) is 19.6 Å². The van der Waals surface area contributed by atoms with Crippen molar-refractivity contribution in [2.45, 2.75) is 26.9 Å². The molecule has 2 aromatic rings. The van der Waals surface area contributed by atoms with Crippen LogP contribution >= 0.6 is 0 Å². The van der Waals surface area contributed by atoms with Crippen LogP contribution in [0.3, 0.4) is 0 Å². The first-order valence-electron chi connectivity index (χ1n) is 6.63. The van der Waals surface area contributed by atoms with Crippen LogP contribution in [0.2, 0.25) is 0 Å². The van der Waals surface area contributed by atoms with E-state index < -0.39 is 0 Å². The van der Waals surface area contributed by atoms with E-state index in [1.165, 1.54) is 17.6 Å². The van der Waals surface area contributed by atoms with Crippen LogP contribution < -0.4 is 10.2 Å². The summed E-state index contributed by atoms with van der Waals surface area (Å²) >= 11 is 0. The number of nitrogens with zero attached hydrogens (tertiary/aromatic N) is 3. The highest BCUT2D eigenvalue weighted by molar-refractivity contribution is 5.47. The molecule has 1 aromatic heterocycles. The minimum Gasteiger partial charge on any atom is -0.372 e. The van der Waals surface area contributed by atoms with E-state index in [1.54, 1.807) is 0 Å². The Balaban J connectivity index is 1.84. The Bertz CT molecular complexity index is 463. The van der Waals surface area contributed by atoms with Gasteiger partial charge >= 0.3 is 0 Å². The number of hydrogen-bond donors (Lipinski definition) is 1. The minimum absolute atomic E-state index is 0.619. The van der Waals surface area contributed by atoms with Crippen LogP contribution in [0.1, 0.15) is 25.2 Å². The van der Waals surface area contributed by atoms with Crippen molar-refractivity contribution in [2.75, 3.05) is 18.0 Å². The van der Waals surface area contributed by atoms with E-state index in [9.17, 15) is 0 Å². The summed E-state index contributed by atoms with van der Waals surface area (Å²) < 4.78 is 4.68. The summed E-state index contributed by atoms with van der Waals surface area (Å²) in [5.74, 6) is 0.680. The first kappa shape index (κ1) is 13.5. The average Bonchev–Trinajstić information content (AvgIpc) is 2.95. The van der Waals surface area contributed by atoms with Gasteiger partial charge in [-0.25, -0.2) is 0 Å². The second-order valence-electron chi connectivity index (χ2n) is 4.29. The first-order chi connectivity index (χ1) is 9.33. The highest BCUT2D eigenvalue weighted by Gasteiger charge is 2.02. The maximum Gasteiger partial charge on any atom is 0.213 e. The molecule has 0 radical (unpaired) electrons. The summed E-state index contributed by atoms with van der Waals surface area (Å²) in [6.45, 7) is 7.83. The highest BCUT2D eigenvalue weighted by atomic mass is 16.5. The zero-order valence-corrected chi connectivity index (χ0v) is 11.5. The van der Waals surface area contributed by atoms with Crippen molar-refractivity contribution in [3.8, 4) is 0 Å². The molecule has 19 heavy (non-hydrogen) atoms. The normalized spacial score (nSPS) is 10.6.